The van der Waals surface area contributed by atoms with Gasteiger partial charge in [-0.15, -0.1) is 0 Å². The van der Waals surface area contributed by atoms with Gasteiger partial charge in [0.1, 0.15) is 5.75 Å². The van der Waals surface area contributed by atoms with Crippen LogP contribution in [0.25, 0.3) is 0 Å². The monoisotopic (exact) mass is 250 g/mol. The Labute approximate surface area is 108 Å². The zero-order valence-corrected chi connectivity index (χ0v) is 11.1. The molecule has 1 aliphatic carbocycles. The second-order valence-corrected chi connectivity index (χ2v) is 4.70. The summed E-state index contributed by atoms with van der Waals surface area (Å²) < 4.78 is 10.9. The highest BCUT2D eigenvalue weighted by molar-refractivity contribution is 5.48. The average Bonchev–Trinajstić information content (AvgIpc) is 2.33. The number of benzene rings is 1. The zero-order valence-electron chi connectivity index (χ0n) is 11.1. The summed E-state index contributed by atoms with van der Waals surface area (Å²) in [7, 11) is 1.67. The molecule has 1 aliphatic rings. The Balaban J connectivity index is 1.81. The lowest BCUT2D eigenvalue weighted by atomic mass is 9.89. The largest absolute Gasteiger partial charge is 0.496 e. The first-order valence-electron chi connectivity index (χ1n) is 6.50. The third-order valence-electron chi connectivity index (χ3n) is 3.39. The number of hydrogen-bond acceptors (Lipinski definition) is 4. The van der Waals surface area contributed by atoms with Gasteiger partial charge in [0.05, 0.1) is 13.2 Å². The smallest absolute Gasteiger partial charge is 0.125 e. The van der Waals surface area contributed by atoms with Crippen LogP contribution >= 0.6 is 0 Å². The molecule has 1 aromatic rings. The molecule has 0 heterocycles. The minimum Gasteiger partial charge on any atom is -0.496 e. The first-order chi connectivity index (χ1) is 8.72. The van der Waals surface area contributed by atoms with E-state index in [2.05, 4.69) is 5.32 Å². The molecule has 2 rings (SSSR count). The maximum absolute atomic E-state index is 5.73. The number of ether oxygens (including phenoxy) is 2. The number of anilines is 1. The predicted molar refractivity (Wildman–Crippen MR) is 72.7 cm³/mol. The molecule has 0 aliphatic heterocycles. The topological polar surface area (TPSA) is 56.5 Å². The van der Waals surface area contributed by atoms with E-state index < -0.39 is 0 Å². The van der Waals surface area contributed by atoms with Gasteiger partial charge in [-0.1, -0.05) is 6.07 Å². The molecule has 0 unspecified atom stereocenters. The van der Waals surface area contributed by atoms with E-state index in [9.17, 15) is 0 Å². The molecular formula is C14H22N2O2. The summed E-state index contributed by atoms with van der Waals surface area (Å²) in [6, 6.07) is 6.34. The molecule has 0 bridgehead atoms. The molecule has 0 radical (unpaired) electrons. The standard InChI is InChI=1S/C14H22N2O2/c1-3-18-13-7-12(8-13)16-9-10-4-5-11(15)6-14(10)17-2/h4-6,12-13,16H,3,7-9,15H2,1-2H3. The maximum Gasteiger partial charge on any atom is 0.125 e. The fourth-order valence-electron chi connectivity index (χ4n) is 2.27. The van der Waals surface area contributed by atoms with Gasteiger partial charge in [0, 0.05) is 36.5 Å². The van der Waals surface area contributed by atoms with Crippen LogP contribution in [-0.4, -0.2) is 25.9 Å². The zero-order chi connectivity index (χ0) is 13.0. The van der Waals surface area contributed by atoms with Crippen LogP contribution < -0.4 is 15.8 Å². The average molecular weight is 250 g/mol. The van der Waals surface area contributed by atoms with Crippen molar-refractivity contribution in [3.63, 3.8) is 0 Å². The molecule has 0 aromatic heterocycles. The summed E-state index contributed by atoms with van der Waals surface area (Å²) >= 11 is 0. The van der Waals surface area contributed by atoms with Gasteiger partial charge in [-0.3, -0.25) is 0 Å². The lowest BCUT2D eigenvalue weighted by molar-refractivity contribution is -0.0102. The van der Waals surface area contributed by atoms with Gasteiger partial charge in [-0.2, -0.15) is 0 Å². The highest BCUT2D eigenvalue weighted by Crippen LogP contribution is 2.25. The molecule has 1 fully saturated rings. The quantitative estimate of drug-likeness (QED) is 0.758. The van der Waals surface area contributed by atoms with Crippen molar-refractivity contribution < 1.29 is 9.47 Å². The highest BCUT2D eigenvalue weighted by Gasteiger charge is 2.28. The van der Waals surface area contributed by atoms with Crippen molar-refractivity contribution in [2.75, 3.05) is 19.5 Å². The molecule has 18 heavy (non-hydrogen) atoms. The normalized spacial score (nSPS) is 22.6. The van der Waals surface area contributed by atoms with E-state index >= 15 is 0 Å². The molecule has 0 atom stereocenters. The third kappa shape index (κ3) is 3.15. The molecule has 3 N–H and O–H groups in total. The molecule has 0 amide bonds. The van der Waals surface area contributed by atoms with Crippen molar-refractivity contribution in [1.29, 1.82) is 0 Å². The Kier molecular flexibility index (Phi) is 4.44. The van der Waals surface area contributed by atoms with E-state index in [1.807, 2.05) is 25.1 Å². The number of methoxy groups -OCH3 is 1. The SMILES string of the molecule is CCOC1CC(NCc2ccc(N)cc2OC)C1. The van der Waals surface area contributed by atoms with Crippen molar-refractivity contribution in [3.8, 4) is 5.75 Å². The van der Waals surface area contributed by atoms with E-state index in [1.165, 1.54) is 0 Å². The lowest BCUT2D eigenvalue weighted by Crippen LogP contribution is -2.45. The summed E-state index contributed by atoms with van der Waals surface area (Å²) in [5.41, 5.74) is 7.61. The molecule has 1 saturated carbocycles. The predicted octanol–water partition coefficient (Wildman–Crippen LogP) is 1.93. The van der Waals surface area contributed by atoms with E-state index in [-0.39, 0.29) is 0 Å². The van der Waals surface area contributed by atoms with E-state index in [1.54, 1.807) is 7.11 Å². The molecule has 4 nitrogen and oxygen atoms in total. The van der Waals surface area contributed by atoms with E-state index in [4.69, 9.17) is 15.2 Å². The van der Waals surface area contributed by atoms with Crippen LogP contribution in [-0.2, 0) is 11.3 Å². The van der Waals surface area contributed by atoms with E-state index in [0.29, 0.717) is 12.1 Å². The Morgan fingerprint density at radius 1 is 1.39 bits per heavy atom. The molecule has 0 saturated heterocycles. The fraction of sp³-hybridized carbons (Fsp3) is 0.571. The summed E-state index contributed by atoms with van der Waals surface area (Å²) in [5.74, 6) is 0.850. The Hall–Kier alpha value is -1.26. The lowest BCUT2D eigenvalue weighted by Gasteiger charge is -2.35. The Morgan fingerprint density at radius 3 is 2.83 bits per heavy atom. The number of nitrogens with one attached hydrogen (secondary N) is 1. The van der Waals surface area contributed by atoms with Crippen LogP contribution in [0.5, 0.6) is 5.75 Å². The highest BCUT2D eigenvalue weighted by atomic mass is 16.5. The minimum absolute atomic E-state index is 0.445. The molecular weight excluding hydrogens is 228 g/mol. The van der Waals surface area contributed by atoms with Crippen molar-refractivity contribution in [3.05, 3.63) is 23.8 Å². The minimum atomic E-state index is 0.445. The molecule has 1 aromatic carbocycles. The Morgan fingerprint density at radius 2 is 2.17 bits per heavy atom. The molecule has 100 valence electrons. The van der Waals surface area contributed by atoms with Crippen LogP contribution in [0.4, 0.5) is 5.69 Å². The van der Waals surface area contributed by atoms with Crippen LogP contribution in [0.3, 0.4) is 0 Å². The van der Waals surface area contributed by atoms with Crippen LogP contribution in [0.1, 0.15) is 25.3 Å². The number of nitrogen functional groups attached to an aromatic ring is 1. The van der Waals surface area contributed by atoms with Gasteiger partial charge in [0.2, 0.25) is 0 Å². The van der Waals surface area contributed by atoms with Gasteiger partial charge in [0.15, 0.2) is 0 Å². The van der Waals surface area contributed by atoms with E-state index in [0.717, 1.165) is 43.0 Å². The molecule has 4 heteroatoms. The van der Waals surface area contributed by atoms with Crippen molar-refractivity contribution in [2.45, 2.75) is 38.5 Å². The summed E-state index contributed by atoms with van der Waals surface area (Å²) in [4.78, 5) is 0. The number of hydrogen-bond donors (Lipinski definition) is 2. The third-order valence-corrected chi connectivity index (χ3v) is 3.39. The van der Waals surface area contributed by atoms with Crippen LogP contribution in [0.2, 0.25) is 0 Å². The van der Waals surface area contributed by atoms with Gasteiger partial charge >= 0.3 is 0 Å². The van der Waals surface area contributed by atoms with Gasteiger partial charge in [0.25, 0.3) is 0 Å². The fourth-order valence-corrected chi connectivity index (χ4v) is 2.27. The maximum atomic E-state index is 5.73. The molecule has 0 spiro atoms. The van der Waals surface area contributed by atoms with Crippen LogP contribution in [0.15, 0.2) is 18.2 Å². The summed E-state index contributed by atoms with van der Waals surface area (Å²) in [5, 5.41) is 3.52. The first kappa shape index (κ1) is 13.2. The Bertz CT molecular complexity index is 389. The van der Waals surface area contributed by atoms with Crippen LogP contribution in [0, 0.1) is 0 Å². The van der Waals surface area contributed by atoms with Crippen molar-refractivity contribution in [1.82, 2.24) is 5.32 Å². The first-order valence-corrected chi connectivity index (χ1v) is 6.50. The second kappa shape index (κ2) is 6.07. The van der Waals surface area contributed by atoms with Gasteiger partial charge < -0.3 is 20.5 Å². The summed E-state index contributed by atoms with van der Waals surface area (Å²) in [6.45, 7) is 3.66. The van der Waals surface area contributed by atoms with Gasteiger partial charge in [-0.25, -0.2) is 0 Å². The van der Waals surface area contributed by atoms with Gasteiger partial charge in [-0.05, 0) is 25.8 Å². The number of nitrogens with two attached hydrogens (primary N) is 1. The summed E-state index contributed by atoms with van der Waals surface area (Å²) in [6.07, 6.45) is 2.65. The number of rotatable bonds is 6. The van der Waals surface area contributed by atoms with Crippen molar-refractivity contribution >= 4 is 5.69 Å². The van der Waals surface area contributed by atoms with Crippen molar-refractivity contribution in [2.24, 2.45) is 0 Å². The second-order valence-electron chi connectivity index (χ2n) is 4.70.